The Bertz CT molecular complexity index is 3000. The van der Waals surface area contributed by atoms with Gasteiger partial charge in [-0.25, -0.2) is 15.0 Å². The smallest absolute Gasteiger partial charge is 0.164 e. The van der Waals surface area contributed by atoms with Crippen LogP contribution in [0.2, 0.25) is 0 Å². The van der Waals surface area contributed by atoms with E-state index in [1.807, 2.05) is 24.3 Å². The fourth-order valence-electron chi connectivity index (χ4n) is 9.25. The summed E-state index contributed by atoms with van der Waals surface area (Å²) in [4.78, 5) is 15.5. The number of nitrogens with zero attached hydrogens (tertiary/aromatic N) is 4. The molecule has 0 saturated heterocycles. The lowest BCUT2D eigenvalue weighted by atomic mass is 9.75. The summed E-state index contributed by atoms with van der Waals surface area (Å²) in [5.41, 5.74) is 13.7. The molecule has 0 atom stereocenters. The first kappa shape index (κ1) is 33.5. The summed E-state index contributed by atoms with van der Waals surface area (Å²) in [7, 11) is 0. The summed E-state index contributed by atoms with van der Waals surface area (Å²) in [5.74, 6) is 3.91. The van der Waals surface area contributed by atoms with Crippen molar-refractivity contribution in [3.8, 4) is 62.5 Å². The highest BCUT2D eigenvalue weighted by Crippen LogP contribution is 2.52. The summed E-state index contributed by atoms with van der Waals surface area (Å²) in [5, 5.41) is 2.41. The molecule has 0 N–H and O–H groups in total. The van der Waals surface area contributed by atoms with E-state index in [-0.39, 0.29) is 5.41 Å². The van der Waals surface area contributed by atoms with E-state index < -0.39 is 0 Å². The SMILES string of the molecule is CC1(C)c2ccccc2Oc2c1ccc1c3ccccc3n(-c3ccc(-c4nc(-c5ccccc5)nc(-c5ccc(-c6ccccc6)cc5)n4)c4c3CCCC4)c21. The molecule has 1 aliphatic heterocycles. The molecule has 2 aromatic heterocycles. The number of hydrogen-bond donors (Lipinski definition) is 0. The largest absolute Gasteiger partial charge is 0.454 e. The zero-order valence-electron chi connectivity index (χ0n) is 32.0. The normalized spacial score (nSPS) is 14.1. The van der Waals surface area contributed by atoms with Crippen LogP contribution in [0.5, 0.6) is 11.5 Å². The molecule has 1 aliphatic carbocycles. The maximum Gasteiger partial charge on any atom is 0.164 e. The Hall–Kier alpha value is -6.85. The summed E-state index contributed by atoms with van der Waals surface area (Å²) in [6, 6.07) is 55.7. The van der Waals surface area contributed by atoms with Crippen molar-refractivity contribution in [1.29, 1.82) is 0 Å². The van der Waals surface area contributed by atoms with Gasteiger partial charge in [0, 0.05) is 49.7 Å². The molecular weight excluding hydrogens is 697 g/mol. The lowest BCUT2D eigenvalue weighted by Crippen LogP contribution is -2.24. The predicted molar refractivity (Wildman–Crippen MR) is 231 cm³/mol. The maximum absolute atomic E-state index is 6.95. The summed E-state index contributed by atoms with van der Waals surface area (Å²) < 4.78 is 9.43. The number of fused-ring (bicyclic) bond motifs is 7. The van der Waals surface area contributed by atoms with E-state index in [0.717, 1.165) is 65.0 Å². The number of rotatable bonds is 5. The first-order valence-electron chi connectivity index (χ1n) is 20.0. The van der Waals surface area contributed by atoms with Crippen LogP contribution in [0, 0.1) is 0 Å². The van der Waals surface area contributed by atoms with Gasteiger partial charge in [0.2, 0.25) is 0 Å². The van der Waals surface area contributed by atoms with Gasteiger partial charge in [-0.05, 0) is 72.2 Å². The number of ether oxygens (including phenoxy) is 1. The van der Waals surface area contributed by atoms with Crippen LogP contribution in [0.1, 0.15) is 48.9 Å². The summed E-state index contributed by atoms with van der Waals surface area (Å²) in [6.45, 7) is 4.62. The third kappa shape index (κ3) is 5.41. The molecule has 0 amide bonds. The van der Waals surface area contributed by atoms with E-state index in [4.69, 9.17) is 19.7 Å². The van der Waals surface area contributed by atoms with Crippen LogP contribution < -0.4 is 4.74 Å². The molecule has 3 heterocycles. The minimum absolute atomic E-state index is 0.225. The highest BCUT2D eigenvalue weighted by atomic mass is 16.5. The van der Waals surface area contributed by atoms with Crippen molar-refractivity contribution in [3.05, 3.63) is 180 Å². The summed E-state index contributed by atoms with van der Waals surface area (Å²) in [6.07, 6.45) is 4.17. The van der Waals surface area contributed by atoms with Gasteiger partial charge < -0.3 is 9.30 Å². The Labute approximate surface area is 332 Å². The number of para-hydroxylation sites is 2. The Balaban J connectivity index is 1.11. The lowest BCUT2D eigenvalue weighted by molar-refractivity contribution is 0.421. The Morgan fingerprint density at radius 3 is 1.86 bits per heavy atom. The van der Waals surface area contributed by atoms with E-state index >= 15 is 0 Å². The first-order chi connectivity index (χ1) is 28.0. The quantitative estimate of drug-likeness (QED) is 0.177. The zero-order valence-corrected chi connectivity index (χ0v) is 32.0. The van der Waals surface area contributed by atoms with Crippen molar-refractivity contribution in [2.75, 3.05) is 0 Å². The Kier molecular flexibility index (Phi) is 7.71. The van der Waals surface area contributed by atoms with Crippen LogP contribution in [0.4, 0.5) is 0 Å². The van der Waals surface area contributed by atoms with Gasteiger partial charge in [-0.2, -0.15) is 0 Å². The number of hydrogen-bond acceptors (Lipinski definition) is 4. The molecule has 0 radical (unpaired) electrons. The van der Waals surface area contributed by atoms with Crippen LogP contribution in [0.3, 0.4) is 0 Å². The van der Waals surface area contributed by atoms with E-state index in [9.17, 15) is 0 Å². The average Bonchev–Trinajstić information content (AvgIpc) is 3.61. The van der Waals surface area contributed by atoms with Gasteiger partial charge in [0.25, 0.3) is 0 Å². The molecular formula is C52H40N4O. The van der Waals surface area contributed by atoms with Gasteiger partial charge in [-0.3, -0.25) is 0 Å². The second-order valence-electron chi connectivity index (χ2n) is 15.8. The molecule has 11 rings (SSSR count). The van der Waals surface area contributed by atoms with Crippen LogP contribution in [0.15, 0.2) is 158 Å². The molecule has 0 saturated carbocycles. The van der Waals surface area contributed by atoms with Crippen LogP contribution in [-0.4, -0.2) is 19.5 Å². The van der Waals surface area contributed by atoms with E-state index in [0.29, 0.717) is 17.5 Å². The maximum atomic E-state index is 6.95. The average molecular weight is 737 g/mol. The number of aromatic nitrogens is 4. The third-order valence-corrected chi connectivity index (χ3v) is 12.1. The summed E-state index contributed by atoms with van der Waals surface area (Å²) >= 11 is 0. The lowest BCUT2D eigenvalue weighted by Gasteiger charge is -2.35. The Morgan fingerprint density at radius 2 is 1.09 bits per heavy atom. The predicted octanol–water partition coefficient (Wildman–Crippen LogP) is 12.9. The van der Waals surface area contributed by atoms with Crippen LogP contribution in [0.25, 0.3) is 72.8 Å². The highest BCUT2D eigenvalue weighted by Gasteiger charge is 2.36. The molecule has 5 heteroatoms. The minimum atomic E-state index is -0.225. The van der Waals surface area contributed by atoms with Crippen LogP contribution >= 0.6 is 0 Å². The fourth-order valence-corrected chi connectivity index (χ4v) is 9.25. The van der Waals surface area contributed by atoms with Crippen molar-refractivity contribution >= 4 is 21.8 Å². The standard InChI is InChI=1S/C52H40N4O/c1-52(2)42-22-12-14-24-46(42)57-48-43(52)31-29-40-39-21-11-13-23-44(39)56(47(40)48)45-32-30-41(37-19-9-10-20-38(37)45)51-54-49(35-17-7-4-8-18-35)53-50(55-51)36-27-25-34(26-28-36)33-15-5-3-6-16-33/h3-8,11-18,21-32H,9-10,19-20H2,1-2H3. The van der Waals surface area contributed by atoms with Gasteiger partial charge >= 0.3 is 0 Å². The van der Waals surface area contributed by atoms with E-state index in [1.165, 1.54) is 49.8 Å². The molecule has 274 valence electrons. The first-order valence-corrected chi connectivity index (χ1v) is 20.0. The minimum Gasteiger partial charge on any atom is -0.454 e. The van der Waals surface area contributed by atoms with Gasteiger partial charge in [0.1, 0.15) is 5.75 Å². The van der Waals surface area contributed by atoms with Gasteiger partial charge in [0.05, 0.1) is 11.0 Å². The molecule has 0 bridgehead atoms. The van der Waals surface area contributed by atoms with Crippen molar-refractivity contribution in [3.63, 3.8) is 0 Å². The molecule has 0 unspecified atom stereocenters. The van der Waals surface area contributed by atoms with Gasteiger partial charge in [0.15, 0.2) is 23.2 Å². The van der Waals surface area contributed by atoms with Crippen molar-refractivity contribution in [2.45, 2.75) is 44.9 Å². The van der Waals surface area contributed by atoms with E-state index in [1.54, 1.807) is 0 Å². The van der Waals surface area contributed by atoms with Crippen molar-refractivity contribution in [2.24, 2.45) is 0 Å². The molecule has 2 aliphatic rings. The Morgan fingerprint density at radius 1 is 0.491 bits per heavy atom. The highest BCUT2D eigenvalue weighted by molar-refractivity contribution is 6.12. The van der Waals surface area contributed by atoms with Crippen molar-refractivity contribution in [1.82, 2.24) is 19.5 Å². The zero-order chi connectivity index (χ0) is 38.1. The van der Waals surface area contributed by atoms with Gasteiger partial charge in [-0.1, -0.05) is 147 Å². The molecule has 9 aromatic rings. The molecule has 7 aromatic carbocycles. The molecule has 0 fully saturated rings. The van der Waals surface area contributed by atoms with Gasteiger partial charge in [-0.15, -0.1) is 0 Å². The van der Waals surface area contributed by atoms with Crippen LogP contribution in [-0.2, 0) is 18.3 Å². The number of benzene rings is 7. The topological polar surface area (TPSA) is 52.8 Å². The third-order valence-electron chi connectivity index (χ3n) is 12.1. The molecule has 5 nitrogen and oxygen atoms in total. The molecule has 57 heavy (non-hydrogen) atoms. The molecule has 0 spiro atoms. The fraction of sp³-hybridized carbons (Fsp3) is 0.135. The monoisotopic (exact) mass is 736 g/mol. The van der Waals surface area contributed by atoms with Crippen molar-refractivity contribution < 1.29 is 4.74 Å². The van der Waals surface area contributed by atoms with E-state index in [2.05, 4.69) is 152 Å². The second-order valence-corrected chi connectivity index (χ2v) is 15.8. The second kappa shape index (κ2) is 13.1.